The number of rotatable bonds is 4. The molecule has 0 aliphatic heterocycles. The summed E-state index contributed by atoms with van der Waals surface area (Å²) < 4.78 is 0. The van der Waals surface area contributed by atoms with Crippen molar-refractivity contribution in [2.45, 2.75) is 12.2 Å². The topological polar surface area (TPSA) is 50.9 Å². The van der Waals surface area contributed by atoms with Gasteiger partial charge in [0.15, 0.2) is 0 Å². The molecule has 0 aliphatic carbocycles. The average Bonchev–Trinajstić information content (AvgIpc) is 2.16. The molecule has 3 nitrogen and oxygen atoms in total. The molecule has 0 spiro atoms. The van der Waals surface area contributed by atoms with Crippen LogP contribution >= 0.6 is 11.8 Å². The molecule has 1 atom stereocenters. The van der Waals surface area contributed by atoms with Crippen LogP contribution < -0.4 is 11.1 Å². The van der Waals surface area contributed by atoms with Gasteiger partial charge in [0, 0.05) is 18.0 Å². The van der Waals surface area contributed by atoms with Crippen LogP contribution in [0.1, 0.15) is 6.92 Å². The minimum Gasteiger partial charge on any atom is -0.382 e. The number of anilines is 2. The Morgan fingerprint density at radius 3 is 3.08 bits per heavy atom. The molecule has 3 N–H and O–H groups in total. The fraction of sp³-hybridized carbons (Fsp3) is 0.444. The van der Waals surface area contributed by atoms with Gasteiger partial charge in [-0.25, -0.2) is 4.98 Å². The molecular formula is C9H15N3S. The van der Waals surface area contributed by atoms with Crippen LogP contribution in [-0.2, 0) is 0 Å². The second-order valence-corrected chi connectivity index (χ2v) is 4.14. The highest BCUT2D eigenvalue weighted by Gasteiger charge is 2.01. The smallest absolute Gasteiger partial charge is 0.146 e. The van der Waals surface area contributed by atoms with Gasteiger partial charge in [0.05, 0.1) is 5.69 Å². The van der Waals surface area contributed by atoms with Gasteiger partial charge in [-0.2, -0.15) is 11.8 Å². The van der Waals surface area contributed by atoms with Crippen molar-refractivity contribution in [3.05, 3.63) is 18.3 Å². The van der Waals surface area contributed by atoms with Crippen molar-refractivity contribution in [3.63, 3.8) is 0 Å². The highest BCUT2D eigenvalue weighted by atomic mass is 32.2. The third kappa shape index (κ3) is 3.14. The fourth-order valence-electron chi connectivity index (χ4n) is 0.904. The molecule has 0 aliphatic rings. The lowest BCUT2D eigenvalue weighted by molar-refractivity contribution is 1.00. The molecule has 1 aromatic rings. The van der Waals surface area contributed by atoms with Gasteiger partial charge < -0.3 is 11.1 Å². The van der Waals surface area contributed by atoms with Crippen molar-refractivity contribution in [2.24, 2.45) is 0 Å². The highest BCUT2D eigenvalue weighted by molar-refractivity contribution is 7.99. The predicted molar refractivity (Wildman–Crippen MR) is 60.1 cm³/mol. The molecule has 1 unspecified atom stereocenters. The van der Waals surface area contributed by atoms with Crippen LogP contribution in [0.25, 0.3) is 0 Å². The second kappa shape index (κ2) is 4.97. The maximum atomic E-state index is 5.67. The Labute approximate surface area is 83.1 Å². The van der Waals surface area contributed by atoms with E-state index in [4.69, 9.17) is 5.73 Å². The lowest BCUT2D eigenvalue weighted by atomic mass is 10.3. The van der Waals surface area contributed by atoms with E-state index < -0.39 is 0 Å². The Kier molecular flexibility index (Phi) is 3.89. The number of pyridine rings is 1. The van der Waals surface area contributed by atoms with E-state index in [1.54, 1.807) is 6.20 Å². The molecule has 72 valence electrons. The third-order valence-corrected chi connectivity index (χ3v) is 2.79. The first-order valence-corrected chi connectivity index (χ1v) is 5.50. The molecule has 1 aromatic heterocycles. The van der Waals surface area contributed by atoms with Gasteiger partial charge in [-0.3, -0.25) is 0 Å². The molecule has 0 amide bonds. The van der Waals surface area contributed by atoms with E-state index in [9.17, 15) is 0 Å². The van der Waals surface area contributed by atoms with E-state index >= 15 is 0 Å². The Hall–Kier alpha value is -0.900. The van der Waals surface area contributed by atoms with Crippen LogP contribution in [0.4, 0.5) is 11.5 Å². The van der Waals surface area contributed by atoms with Gasteiger partial charge in [0.1, 0.15) is 5.82 Å². The van der Waals surface area contributed by atoms with Crippen LogP contribution in [-0.4, -0.2) is 23.0 Å². The largest absolute Gasteiger partial charge is 0.382 e. The maximum Gasteiger partial charge on any atom is 0.146 e. The van der Waals surface area contributed by atoms with Crippen molar-refractivity contribution in [1.29, 1.82) is 0 Å². The molecule has 4 heteroatoms. The zero-order valence-electron chi connectivity index (χ0n) is 7.95. The minimum atomic E-state index is 0.566. The van der Waals surface area contributed by atoms with E-state index in [1.165, 1.54) is 0 Å². The van der Waals surface area contributed by atoms with Crippen LogP contribution in [0.2, 0.25) is 0 Å². The Morgan fingerprint density at radius 1 is 1.69 bits per heavy atom. The van der Waals surface area contributed by atoms with Gasteiger partial charge in [-0.1, -0.05) is 6.92 Å². The first-order chi connectivity index (χ1) is 6.24. The molecule has 0 bridgehead atoms. The molecule has 0 radical (unpaired) electrons. The monoisotopic (exact) mass is 197 g/mol. The number of thioether (sulfide) groups is 1. The number of nitrogens with two attached hydrogens (primary N) is 1. The first-order valence-electron chi connectivity index (χ1n) is 4.21. The highest BCUT2D eigenvalue weighted by Crippen LogP contribution is 2.14. The first kappa shape index (κ1) is 10.2. The molecule has 0 saturated heterocycles. The van der Waals surface area contributed by atoms with Crippen LogP contribution in [0.15, 0.2) is 18.3 Å². The summed E-state index contributed by atoms with van der Waals surface area (Å²) >= 11 is 1.83. The predicted octanol–water partition coefficient (Wildman–Crippen LogP) is 1.83. The lowest BCUT2D eigenvalue weighted by Gasteiger charge is -2.11. The van der Waals surface area contributed by atoms with Gasteiger partial charge in [0.2, 0.25) is 0 Å². The Bertz CT molecular complexity index is 265. The van der Waals surface area contributed by atoms with Crippen LogP contribution in [0, 0.1) is 0 Å². The van der Waals surface area contributed by atoms with Gasteiger partial charge in [-0.05, 0) is 18.4 Å². The molecular weight excluding hydrogens is 182 g/mol. The summed E-state index contributed by atoms with van der Waals surface area (Å²) in [7, 11) is 0. The fourth-order valence-corrected chi connectivity index (χ4v) is 1.15. The molecule has 13 heavy (non-hydrogen) atoms. The van der Waals surface area contributed by atoms with E-state index in [0.717, 1.165) is 12.2 Å². The number of aromatic nitrogens is 1. The van der Waals surface area contributed by atoms with E-state index in [2.05, 4.69) is 23.5 Å². The van der Waals surface area contributed by atoms with Crippen LogP contribution in [0.5, 0.6) is 0 Å². The third-order valence-electron chi connectivity index (χ3n) is 1.82. The van der Waals surface area contributed by atoms with Crippen molar-refractivity contribution >= 4 is 23.3 Å². The summed E-state index contributed by atoms with van der Waals surface area (Å²) in [6.45, 7) is 3.08. The van der Waals surface area contributed by atoms with E-state index in [1.807, 2.05) is 23.9 Å². The molecule has 1 heterocycles. The second-order valence-electron chi connectivity index (χ2n) is 2.86. The molecule has 0 fully saturated rings. The lowest BCUT2D eigenvalue weighted by Crippen LogP contribution is -2.13. The number of nitrogens with one attached hydrogen (secondary N) is 1. The molecule has 0 saturated carbocycles. The number of hydrogen-bond acceptors (Lipinski definition) is 4. The van der Waals surface area contributed by atoms with Crippen LogP contribution in [0.3, 0.4) is 0 Å². The van der Waals surface area contributed by atoms with Crippen molar-refractivity contribution < 1.29 is 0 Å². The summed E-state index contributed by atoms with van der Waals surface area (Å²) in [5.41, 5.74) is 6.59. The average molecular weight is 197 g/mol. The zero-order chi connectivity index (χ0) is 9.68. The normalized spacial score (nSPS) is 12.5. The van der Waals surface area contributed by atoms with Gasteiger partial charge in [-0.15, -0.1) is 0 Å². The van der Waals surface area contributed by atoms with Crippen molar-refractivity contribution in [1.82, 2.24) is 4.98 Å². The summed E-state index contributed by atoms with van der Waals surface area (Å²) in [5, 5.41) is 3.84. The number of nitrogen functional groups attached to an aromatic ring is 1. The SMILES string of the molecule is CSC(C)CNc1cccnc1N. The molecule has 1 rings (SSSR count). The Balaban J connectivity index is 2.50. The van der Waals surface area contributed by atoms with Crippen molar-refractivity contribution in [2.75, 3.05) is 23.9 Å². The minimum absolute atomic E-state index is 0.566. The van der Waals surface area contributed by atoms with E-state index in [0.29, 0.717) is 11.1 Å². The summed E-state index contributed by atoms with van der Waals surface area (Å²) in [6, 6.07) is 3.82. The summed E-state index contributed by atoms with van der Waals surface area (Å²) in [4.78, 5) is 3.99. The summed E-state index contributed by atoms with van der Waals surface area (Å²) in [5.74, 6) is 0.566. The van der Waals surface area contributed by atoms with E-state index in [-0.39, 0.29) is 0 Å². The van der Waals surface area contributed by atoms with Gasteiger partial charge >= 0.3 is 0 Å². The summed E-state index contributed by atoms with van der Waals surface area (Å²) in [6.07, 6.45) is 3.79. The standard InChI is InChI=1S/C9H15N3S/c1-7(13-2)6-12-8-4-3-5-11-9(8)10/h3-5,7,12H,6H2,1-2H3,(H2,10,11). The Morgan fingerprint density at radius 2 is 2.46 bits per heavy atom. The number of nitrogens with zero attached hydrogens (tertiary/aromatic N) is 1. The molecule has 0 aromatic carbocycles. The maximum absolute atomic E-state index is 5.67. The van der Waals surface area contributed by atoms with Crippen molar-refractivity contribution in [3.8, 4) is 0 Å². The quantitative estimate of drug-likeness (QED) is 0.773. The van der Waals surface area contributed by atoms with Gasteiger partial charge in [0.25, 0.3) is 0 Å². The number of hydrogen-bond donors (Lipinski definition) is 2. The zero-order valence-corrected chi connectivity index (χ0v) is 8.77.